The fraction of sp³-hybridized carbons (Fsp3) is 0.591. The monoisotopic (exact) mass is 370 g/mol. The van der Waals surface area contributed by atoms with Gasteiger partial charge in [0.25, 0.3) is 0 Å². The molecule has 1 N–H and O–H groups in total. The van der Waals surface area contributed by atoms with Crippen molar-refractivity contribution in [2.45, 2.75) is 33.2 Å². The zero-order valence-electron chi connectivity index (χ0n) is 16.9. The second kappa shape index (κ2) is 10.5. The Hall–Kier alpha value is -1.85. The Kier molecular flexibility index (Phi) is 7.72. The van der Waals surface area contributed by atoms with Crippen molar-refractivity contribution in [2.75, 3.05) is 52.5 Å². The van der Waals surface area contributed by atoms with Crippen molar-refractivity contribution in [3.63, 3.8) is 0 Å². The molecule has 1 saturated heterocycles. The molecule has 1 aromatic rings. The molecule has 0 saturated carbocycles. The van der Waals surface area contributed by atoms with Gasteiger partial charge in [0.05, 0.1) is 13.2 Å². The Bertz CT molecular complexity index is 647. The summed E-state index contributed by atoms with van der Waals surface area (Å²) in [6.45, 7) is 13.0. The first-order valence-corrected chi connectivity index (χ1v) is 10.3. The number of piperazine rings is 1. The summed E-state index contributed by atoms with van der Waals surface area (Å²) in [5.41, 5.74) is 4.24. The molecule has 0 amide bonds. The highest BCUT2D eigenvalue weighted by Gasteiger charge is 2.19. The van der Waals surface area contributed by atoms with Gasteiger partial charge in [-0.2, -0.15) is 0 Å². The lowest BCUT2D eigenvalue weighted by molar-refractivity contribution is 0.153. The van der Waals surface area contributed by atoms with E-state index in [1.54, 1.807) is 0 Å². The van der Waals surface area contributed by atoms with E-state index in [0.29, 0.717) is 0 Å². The number of aryl methyl sites for hydroxylation is 1. The molecule has 1 fully saturated rings. The summed E-state index contributed by atoms with van der Waals surface area (Å²) >= 11 is 0. The summed E-state index contributed by atoms with van der Waals surface area (Å²) in [5, 5.41) is 3.48. The van der Waals surface area contributed by atoms with Gasteiger partial charge in [-0.15, -0.1) is 0 Å². The number of guanidine groups is 1. The van der Waals surface area contributed by atoms with Gasteiger partial charge >= 0.3 is 0 Å². The Morgan fingerprint density at radius 1 is 1.22 bits per heavy atom. The molecule has 0 unspecified atom stereocenters. The zero-order valence-corrected chi connectivity index (χ0v) is 16.9. The van der Waals surface area contributed by atoms with Crippen molar-refractivity contribution in [3.05, 3.63) is 47.0 Å². The van der Waals surface area contributed by atoms with Crippen LogP contribution in [0.25, 0.3) is 0 Å². The number of ether oxygens (including phenoxy) is 1. The molecule has 5 heteroatoms. The van der Waals surface area contributed by atoms with Crippen molar-refractivity contribution in [2.24, 2.45) is 4.99 Å². The normalized spacial score (nSPS) is 19.1. The topological polar surface area (TPSA) is 40.1 Å². The van der Waals surface area contributed by atoms with Gasteiger partial charge in [-0.3, -0.25) is 9.89 Å². The third-order valence-electron chi connectivity index (χ3n) is 5.25. The fourth-order valence-corrected chi connectivity index (χ4v) is 3.71. The summed E-state index contributed by atoms with van der Waals surface area (Å²) in [4.78, 5) is 9.84. The molecule has 0 aliphatic carbocycles. The lowest BCUT2D eigenvalue weighted by Crippen LogP contribution is -2.52. The summed E-state index contributed by atoms with van der Waals surface area (Å²) in [6.07, 6.45) is 4.32. The standard InChI is InChI=1S/C22H34N4O/c1-3-23-22(24-10-7-20-8-15-27-16-9-20)26-13-11-25(12-14-26)18-21-6-4-5-19(2)17-21/h4-6,8,17H,3,7,9-16,18H2,1-2H3,(H,23,24). The second-order valence-electron chi connectivity index (χ2n) is 7.43. The minimum atomic E-state index is 0.766. The maximum absolute atomic E-state index is 5.38. The lowest BCUT2D eigenvalue weighted by Gasteiger charge is -2.36. The van der Waals surface area contributed by atoms with Gasteiger partial charge in [0.15, 0.2) is 5.96 Å². The maximum Gasteiger partial charge on any atom is 0.194 e. The first kappa shape index (κ1) is 19.9. The van der Waals surface area contributed by atoms with Gasteiger partial charge in [-0.25, -0.2) is 0 Å². The summed E-state index contributed by atoms with van der Waals surface area (Å²) in [5.74, 6) is 1.07. The SMILES string of the molecule is CCNC(=NCCC1=CCOCC1)N1CCN(Cc2cccc(C)c2)CC1. The van der Waals surface area contributed by atoms with Crippen LogP contribution in [0.4, 0.5) is 0 Å². The van der Waals surface area contributed by atoms with E-state index in [4.69, 9.17) is 9.73 Å². The summed E-state index contributed by atoms with van der Waals surface area (Å²) < 4.78 is 5.38. The van der Waals surface area contributed by atoms with Gasteiger partial charge in [0.2, 0.25) is 0 Å². The van der Waals surface area contributed by atoms with Crippen molar-refractivity contribution in [1.82, 2.24) is 15.1 Å². The Balaban J connectivity index is 1.48. The number of rotatable bonds is 6. The highest BCUT2D eigenvalue weighted by molar-refractivity contribution is 5.80. The summed E-state index contributed by atoms with van der Waals surface area (Å²) in [7, 11) is 0. The van der Waals surface area contributed by atoms with Crippen LogP contribution in [-0.4, -0.2) is 68.2 Å². The first-order valence-electron chi connectivity index (χ1n) is 10.3. The van der Waals surface area contributed by atoms with Crippen LogP contribution in [0.1, 0.15) is 30.9 Å². The molecule has 1 aromatic carbocycles. The van der Waals surface area contributed by atoms with E-state index in [1.807, 2.05) is 0 Å². The predicted octanol–water partition coefficient (Wildman–Crippen LogP) is 2.81. The van der Waals surface area contributed by atoms with Crippen LogP contribution >= 0.6 is 0 Å². The molecule has 2 aliphatic heterocycles. The van der Waals surface area contributed by atoms with Crippen LogP contribution in [0.15, 0.2) is 40.9 Å². The van der Waals surface area contributed by atoms with Crippen LogP contribution in [0.3, 0.4) is 0 Å². The molecule has 0 spiro atoms. The molecule has 0 radical (unpaired) electrons. The van der Waals surface area contributed by atoms with E-state index in [2.05, 4.69) is 59.3 Å². The number of aliphatic imine (C=N–C) groups is 1. The maximum atomic E-state index is 5.38. The quantitative estimate of drug-likeness (QED) is 0.475. The molecule has 2 heterocycles. The highest BCUT2D eigenvalue weighted by Crippen LogP contribution is 2.13. The molecular formula is C22H34N4O. The molecular weight excluding hydrogens is 336 g/mol. The second-order valence-corrected chi connectivity index (χ2v) is 7.43. The van der Waals surface area contributed by atoms with Gasteiger partial charge in [0, 0.05) is 45.8 Å². The predicted molar refractivity (Wildman–Crippen MR) is 112 cm³/mol. The third kappa shape index (κ3) is 6.36. The van der Waals surface area contributed by atoms with E-state index in [1.165, 1.54) is 16.7 Å². The largest absolute Gasteiger partial charge is 0.377 e. The Morgan fingerprint density at radius 3 is 2.78 bits per heavy atom. The highest BCUT2D eigenvalue weighted by atomic mass is 16.5. The number of hydrogen-bond donors (Lipinski definition) is 1. The van der Waals surface area contributed by atoms with Gasteiger partial charge < -0.3 is 15.0 Å². The van der Waals surface area contributed by atoms with Crippen LogP contribution in [-0.2, 0) is 11.3 Å². The minimum Gasteiger partial charge on any atom is -0.377 e. The molecule has 0 bridgehead atoms. The van der Waals surface area contributed by atoms with Gasteiger partial charge in [0.1, 0.15) is 0 Å². The number of nitrogens with zero attached hydrogens (tertiary/aromatic N) is 3. The number of benzene rings is 1. The van der Waals surface area contributed by atoms with E-state index < -0.39 is 0 Å². The van der Waals surface area contributed by atoms with Crippen LogP contribution in [0, 0.1) is 6.92 Å². The molecule has 27 heavy (non-hydrogen) atoms. The van der Waals surface area contributed by atoms with Gasteiger partial charge in [-0.05, 0) is 32.3 Å². The first-order chi connectivity index (χ1) is 13.2. The molecule has 2 aliphatic rings. The van der Waals surface area contributed by atoms with Crippen molar-refractivity contribution in [3.8, 4) is 0 Å². The smallest absolute Gasteiger partial charge is 0.194 e. The van der Waals surface area contributed by atoms with E-state index in [0.717, 1.165) is 77.8 Å². The van der Waals surface area contributed by atoms with E-state index >= 15 is 0 Å². The van der Waals surface area contributed by atoms with Crippen molar-refractivity contribution in [1.29, 1.82) is 0 Å². The number of hydrogen-bond acceptors (Lipinski definition) is 3. The minimum absolute atomic E-state index is 0.766. The number of nitrogens with one attached hydrogen (secondary N) is 1. The molecule has 148 valence electrons. The Morgan fingerprint density at radius 2 is 2.07 bits per heavy atom. The van der Waals surface area contributed by atoms with Crippen LogP contribution in [0.2, 0.25) is 0 Å². The molecule has 0 aromatic heterocycles. The van der Waals surface area contributed by atoms with E-state index in [9.17, 15) is 0 Å². The molecule has 5 nitrogen and oxygen atoms in total. The van der Waals surface area contributed by atoms with E-state index in [-0.39, 0.29) is 0 Å². The third-order valence-corrected chi connectivity index (χ3v) is 5.25. The van der Waals surface area contributed by atoms with Crippen molar-refractivity contribution >= 4 is 5.96 Å². The zero-order chi connectivity index (χ0) is 18.9. The molecule has 3 rings (SSSR count). The average molecular weight is 371 g/mol. The summed E-state index contributed by atoms with van der Waals surface area (Å²) in [6, 6.07) is 8.85. The van der Waals surface area contributed by atoms with Crippen molar-refractivity contribution < 1.29 is 4.74 Å². The lowest BCUT2D eigenvalue weighted by atomic mass is 10.1. The fourth-order valence-electron chi connectivity index (χ4n) is 3.71. The molecule has 0 atom stereocenters. The van der Waals surface area contributed by atoms with Crippen LogP contribution < -0.4 is 5.32 Å². The Labute approximate surface area is 164 Å². The van der Waals surface area contributed by atoms with Gasteiger partial charge in [-0.1, -0.05) is 41.5 Å². The van der Waals surface area contributed by atoms with Crippen LogP contribution in [0.5, 0.6) is 0 Å². The average Bonchev–Trinajstić information content (AvgIpc) is 2.69.